The molecule has 0 aliphatic rings. The van der Waals surface area contributed by atoms with Gasteiger partial charge in [0.1, 0.15) is 0 Å². The van der Waals surface area contributed by atoms with Gasteiger partial charge < -0.3 is 4.52 Å². The largest absolute Gasteiger partial charge is 0.440 e. The van der Waals surface area contributed by atoms with Gasteiger partial charge in [-0.3, -0.25) is 4.52 Å². The zero-order chi connectivity index (χ0) is 16.6. The van der Waals surface area contributed by atoms with E-state index < -0.39 is 6.80 Å². The van der Waals surface area contributed by atoms with Crippen LogP contribution in [0.2, 0.25) is 0 Å². The second kappa shape index (κ2) is 10.2. The van der Waals surface area contributed by atoms with Crippen molar-refractivity contribution in [2.24, 2.45) is 0 Å². The van der Waals surface area contributed by atoms with E-state index in [-0.39, 0.29) is 21.4 Å². The molecule has 1 aromatic rings. The van der Waals surface area contributed by atoms with Crippen LogP contribution < -0.4 is 0 Å². The molecule has 0 aliphatic heterocycles. The Balaban J connectivity index is 2.91. The van der Waals surface area contributed by atoms with Crippen LogP contribution in [0.1, 0.15) is 27.2 Å². The molecule has 0 spiro atoms. The lowest BCUT2D eigenvalue weighted by atomic mass is 10.4. The molecule has 0 saturated carbocycles. The number of hydrogen-bond donors (Lipinski definition) is 0. The van der Waals surface area contributed by atoms with Gasteiger partial charge in [-0.15, -0.1) is 0 Å². The molecule has 0 radical (unpaired) electrons. The summed E-state index contributed by atoms with van der Waals surface area (Å²) in [5.74, 6) is 0. The Morgan fingerprint density at radius 3 is 2.41 bits per heavy atom. The van der Waals surface area contributed by atoms with Gasteiger partial charge in [0.15, 0.2) is 9.58 Å². The second-order valence-corrected chi connectivity index (χ2v) is 10.6. The van der Waals surface area contributed by atoms with Crippen LogP contribution in [0, 0.1) is 0 Å². The van der Waals surface area contributed by atoms with E-state index in [4.69, 9.17) is 32.2 Å². The van der Waals surface area contributed by atoms with Crippen molar-refractivity contribution in [1.29, 1.82) is 0 Å². The molecule has 22 heavy (non-hydrogen) atoms. The maximum absolute atomic E-state index is 12.8. The van der Waals surface area contributed by atoms with Crippen molar-refractivity contribution in [3.05, 3.63) is 39.9 Å². The Morgan fingerprint density at radius 2 is 1.91 bits per heavy atom. The summed E-state index contributed by atoms with van der Waals surface area (Å²) in [6.45, 7) is 2.66. The minimum atomic E-state index is -3.37. The molecule has 124 valence electrons. The third-order valence-electron chi connectivity index (χ3n) is 2.47. The van der Waals surface area contributed by atoms with Crippen LogP contribution in [0.5, 0.6) is 0 Å². The first-order chi connectivity index (χ1) is 10.4. The monoisotopic (exact) mass is 400 g/mol. The van der Waals surface area contributed by atoms with Crippen LogP contribution in [0.3, 0.4) is 0 Å². The Kier molecular flexibility index (Phi) is 9.37. The summed E-state index contributed by atoms with van der Waals surface area (Å²) >= 11 is 14.2. The van der Waals surface area contributed by atoms with E-state index in [1.807, 2.05) is 44.2 Å². The summed E-state index contributed by atoms with van der Waals surface area (Å²) in [6.07, 6.45) is 0.852. The van der Waals surface area contributed by atoms with E-state index in [2.05, 4.69) is 0 Å². The molecular formula is C14H19Cl2O3PS2. The van der Waals surface area contributed by atoms with Crippen LogP contribution in [0.4, 0.5) is 0 Å². The number of rotatable bonds is 9. The van der Waals surface area contributed by atoms with Crippen molar-refractivity contribution in [2.45, 2.75) is 37.3 Å². The van der Waals surface area contributed by atoms with Crippen LogP contribution in [-0.2, 0) is 13.6 Å². The Labute approximate surface area is 150 Å². The molecule has 2 unspecified atom stereocenters. The summed E-state index contributed by atoms with van der Waals surface area (Å²) < 4.78 is 23.7. The summed E-state index contributed by atoms with van der Waals surface area (Å²) in [7, 11) is 0. The van der Waals surface area contributed by atoms with E-state index in [9.17, 15) is 4.57 Å². The van der Waals surface area contributed by atoms with Crippen molar-refractivity contribution in [3.63, 3.8) is 0 Å². The van der Waals surface area contributed by atoms with Gasteiger partial charge in [-0.05, 0) is 48.6 Å². The van der Waals surface area contributed by atoms with E-state index in [1.54, 1.807) is 6.92 Å². The minimum Gasteiger partial charge on any atom is -0.407 e. The van der Waals surface area contributed by atoms with Gasteiger partial charge >= 0.3 is 6.80 Å². The predicted molar refractivity (Wildman–Crippen MR) is 98.7 cm³/mol. The van der Waals surface area contributed by atoms with Gasteiger partial charge in [0.25, 0.3) is 0 Å². The molecular weight excluding hydrogens is 382 g/mol. The van der Waals surface area contributed by atoms with Gasteiger partial charge in [0.2, 0.25) is 0 Å². The van der Waals surface area contributed by atoms with E-state index in [0.717, 1.165) is 11.3 Å². The summed E-state index contributed by atoms with van der Waals surface area (Å²) in [5, 5.41) is 0.316. The van der Waals surface area contributed by atoms with Crippen LogP contribution in [0.25, 0.3) is 0 Å². The highest BCUT2D eigenvalue weighted by molar-refractivity contribution is 8.55. The van der Waals surface area contributed by atoms with Crippen molar-refractivity contribution in [1.82, 2.24) is 0 Å². The molecule has 0 fully saturated rings. The number of hydrogen-bond acceptors (Lipinski definition) is 5. The molecule has 0 bridgehead atoms. The third kappa shape index (κ3) is 7.20. The summed E-state index contributed by atoms with van der Waals surface area (Å²) in [5.41, 5.74) is 0. The third-order valence-corrected chi connectivity index (χ3v) is 8.47. The van der Waals surface area contributed by atoms with Gasteiger partial charge in [-0.1, -0.05) is 55.2 Å². The zero-order valence-corrected chi connectivity index (χ0v) is 16.7. The first kappa shape index (κ1) is 20.3. The number of thioether (sulfide) groups is 1. The topological polar surface area (TPSA) is 35.5 Å². The summed E-state index contributed by atoms with van der Waals surface area (Å²) in [6, 6.07) is 9.45. The standard InChI is InChI=1S/C14H19Cl2O3PS2/c1-4-11(3)22-20(17,18-5-2)19-14(13(15)16)21-12-9-7-6-8-10-12/h6-11H,4-5H2,1-3H3. The van der Waals surface area contributed by atoms with Crippen LogP contribution >= 0.6 is 53.1 Å². The fourth-order valence-electron chi connectivity index (χ4n) is 1.32. The normalized spacial score (nSPS) is 15.0. The number of benzene rings is 1. The molecule has 0 amide bonds. The highest BCUT2D eigenvalue weighted by atomic mass is 35.5. The average molecular weight is 401 g/mol. The van der Waals surface area contributed by atoms with Gasteiger partial charge in [-0.2, -0.15) is 0 Å². The second-order valence-electron chi connectivity index (χ2n) is 4.24. The maximum atomic E-state index is 12.8. The quantitative estimate of drug-likeness (QED) is 0.251. The average Bonchev–Trinajstić information content (AvgIpc) is 2.47. The minimum absolute atomic E-state index is 0.0708. The Hall–Kier alpha value is 0.230. The molecule has 8 heteroatoms. The fraction of sp³-hybridized carbons (Fsp3) is 0.429. The van der Waals surface area contributed by atoms with Crippen LogP contribution in [-0.4, -0.2) is 11.9 Å². The summed E-state index contributed by atoms with van der Waals surface area (Å²) in [4.78, 5) is 0.882. The molecule has 0 heterocycles. The molecule has 0 saturated heterocycles. The lowest BCUT2D eigenvalue weighted by Crippen LogP contribution is -1.98. The molecule has 2 atom stereocenters. The van der Waals surface area contributed by atoms with Gasteiger partial charge in [0, 0.05) is 10.1 Å². The van der Waals surface area contributed by atoms with Crippen molar-refractivity contribution in [3.8, 4) is 0 Å². The fourth-order valence-corrected chi connectivity index (χ4v) is 6.88. The van der Waals surface area contributed by atoms with Gasteiger partial charge in [0.05, 0.1) is 6.61 Å². The van der Waals surface area contributed by atoms with Crippen molar-refractivity contribution >= 4 is 53.1 Å². The molecule has 1 aromatic carbocycles. The van der Waals surface area contributed by atoms with E-state index in [1.165, 1.54) is 23.1 Å². The lowest BCUT2D eigenvalue weighted by molar-refractivity contribution is 0.276. The van der Waals surface area contributed by atoms with Gasteiger partial charge in [-0.25, -0.2) is 4.57 Å². The van der Waals surface area contributed by atoms with Crippen LogP contribution in [0.15, 0.2) is 44.8 Å². The smallest absolute Gasteiger partial charge is 0.407 e. The maximum Gasteiger partial charge on any atom is 0.440 e. The first-order valence-electron chi connectivity index (χ1n) is 6.81. The molecule has 1 rings (SSSR count). The predicted octanol–water partition coefficient (Wildman–Crippen LogP) is 7.08. The highest BCUT2D eigenvalue weighted by Gasteiger charge is 2.31. The van der Waals surface area contributed by atoms with Crippen molar-refractivity contribution < 1.29 is 13.6 Å². The molecule has 0 aliphatic carbocycles. The van der Waals surface area contributed by atoms with E-state index >= 15 is 0 Å². The first-order valence-corrected chi connectivity index (χ1v) is 11.4. The van der Waals surface area contributed by atoms with Crippen molar-refractivity contribution in [2.75, 3.05) is 6.61 Å². The lowest BCUT2D eigenvalue weighted by Gasteiger charge is -2.21. The zero-order valence-electron chi connectivity index (χ0n) is 12.6. The molecule has 0 aromatic heterocycles. The number of halogens is 2. The SMILES string of the molecule is CCOP(=O)(OC(Sc1ccccc1)=C(Cl)Cl)SC(C)CC. The Morgan fingerprint density at radius 1 is 1.27 bits per heavy atom. The van der Waals surface area contributed by atoms with E-state index in [0.29, 0.717) is 0 Å². The highest BCUT2D eigenvalue weighted by Crippen LogP contribution is 2.65. The molecule has 3 nitrogen and oxygen atoms in total. The Bertz CT molecular complexity index is 536. The molecule has 0 N–H and O–H groups in total.